The smallest absolute Gasteiger partial charge is 0.261 e. The van der Waals surface area contributed by atoms with Crippen molar-refractivity contribution in [3.05, 3.63) is 75.1 Å². The van der Waals surface area contributed by atoms with E-state index in [0.29, 0.717) is 5.39 Å². The number of para-hydroxylation sites is 2. The minimum absolute atomic E-state index is 0.186. The summed E-state index contributed by atoms with van der Waals surface area (Å²) in [6.07, 6.45) is 5.40. The molecule has 0 bridgehead atoms. The van der Waals surface area contributed by atoms with Gasteiger partial charge in [-0.3, -0.25) is 9.59 Å². The lowest BCUT2D eigenvalue weighted by molar-refractivity contribution is 0.102. The first-order valence-electron chi connectivity index (χ1n) is 9.71. The normalized spacial score (nSPS) is 13.0. The van der Waals surface area contributed by atoms with Crippen LogP contribution in [0.2, 0.25) is 0 Å². The summed E-state index contributed by atoms with van der Waals surface area (Å²) in [5.41, 5.74) is 5.23. The first kappa shape index (κ1) is 17.5. The maximum absolute atomic E-state index is 13.1. The Kier molecular flexibility index (Phi) is 4.56. The molecule has 1 aliphatic heterocycles. The van der Waals surface area contributed by atoms with Crippen molar-refractivity contribution in [1.29, 1.82) is 0 Å². The Bertz CT molecular complexity index is 1070. The second kappa shape index (κ2) is 7.03. The molecule has 0 fully saturated rings. The number of benzene rings is 2. The number of aromatic nitrogens is 1. The number of nitrogens with one attached hydrogen (secondary N) is 1. The second-order valence-corrected chi connectivity index (χ2v) is 7.09. The van der Waals surface area contributed by atoms with E-state index in [0.717, 1.165) is 54.6 Å². The van der Waals surface area contributed by atoms with Crippen LogP contribution in [0.5, 0.6) is 0 Å². The van der Waals surface area contributed by atoms with E-state index in [9.17, 15) is 9.59 Å². The van der Waals surface area contributed by atoms with Crippen molar-refractivity contribution >= 4 is 22.5 Å². The molecule has 0 saturated carbocycles. The predicted molar refractivity (Wildman–Crippen MR) is 110 cm³/mol. The Hall–Kier alpha value is -2.88. The van der Waals surface area contributed by atoms with Crippen LogP contribution in [-0.2, 0) is 25.8 Å². The minimum atomic E-state index is -0.322. The summed E-state index contributed by atoms with van der Waals surface area (Å²) in [6, 6.07) is 11.9. The van der Waals surface area contributed by atoms with Gasteiger partial charge in [-0.05, 0) is 48.4 Å². The van der Waals surface area contributed by atoms with E-state index in [1.165, 1.54) is 5.56 Å². The zero-order chi connectivity index (χ0) is 19.0. The molecule has 138 valence electrons. The zero-order valence-electron chi connectivity index (χ0n) is 15.8. The molecule has 4 heteroatoms. The Labute approximate surface area is 158 Å². The fraction of sp³-hybridized carbons (Fsp3) is 0.304. The van der Waals surface area contributed by atoms with Crippen molar-refractivity contribution in [2.75, 3.05) is 5.32 Å². The summed E-state index contributed by atoms with van der Waals surface area (Å²) in [4.78, 5) is 26.1. The number of pyridine rings is 1. The van der Waals surface area contributed by atoms with Gasteiger partial charge < -0.3 is 9.88 Å². The van der Waals surface area contributed by atoms with Crippen molar-refractivity contribution in [3.63, 3.8) is 0 Å². The van der Waals surface area contributed by atoms with Crippen LogP contribution in [0.25, 0.3) is 10.9 Å². The van der Waals surface area contributed by atoms with Crippen LogP contribution in [0.15, 0.2) is 47.4 Å². The lowest BCUT2D eigenvalue weighted by Gasteiger charge is -2.21. The van der Waals surface area contributed by atoms with Gasteiger partial charge in [0.25, 0.3) is 5.91 Å². The zero-order valence-corrected chi connectivity index (χ0v) is 15.8. The van der Waals surface area contributed by atoms with Gasteiger partial charge in [-0.25, -0.2) is 0 Å². The van der Waals surface area contributed by atoms with E-state index in [4.69, 9.17) is 0 Å². The quantitative estimate of drug-likeness (QED) is 0.753. The Morgan fingerprint density at radius 1 is 1.07 bits per heavy atom. The van der Waals surface area contributed by atoms with Gasteiger partial charge in [0.2, 0.25) is 5.43 Å². The molecule has 4 rings (SSSR count). The summed E-state index contributed by atoms with van der Waals surface area (Å²) >= 11 is 0. The molecule has 1 amide bonds. The van der Waals surface area contributed by atoms with Crippen molar-refractivity contribution in [2.24, 2.45) is 0 Å². The van der Waals surface area contributed by atoms with Crippen molar-refractivity contribution < 1.29 is 4.79 Å². The average Bonchev–Trinajstić information content (AvgIpc) is 2.70. The van der Waals surface area contributed by atoms with Gasteiger partial charge in [-0.15, -0.1) is 0 Å². The third kappa shape index (κ3) is 2.95. The molecule has 0 atom stereocenters. The molecule has 0 spiro atoms. The topological polar surface area (TPSA) is 51.1 Å². The van der Waals surface area contributed by atoms with Crippen molar-refractivity contribution in [3.8, 4) is 0 Å². The maximum Gasteiger partial charge on any atom is 0.261 e. The average molecular weight is 360 g/mol. The van der Waals surface area contributed by atoms with E-state index in [2.05, 4.69) is 29.8 Å². The monoisotopic (exact) mass is 360 g/mol. The van der Waals surface area contributed by atoms with Crippen LogP contribution in [0, 0.1) is 0 Å². The summed E-state index contributed by atoms with van der Waals surface area (Å²) in [7, 11) is 0. The molecule has 1 aromatic heterocycles. The van der Waals surface area contributed by atoms with E-state index < -0.39 is 0 Å². The van der Waals surface area contributed by atoms with E-state index in [-0.39, 0.29) is 16.9 Å². The van der Waals surface area contributed by atoms with Crippen LogP contribution in [0.3, 0.4) is 0 Å². The van der Waals surface area contributed by atoms with Gasteiger partial charge in [0.05, 0.1) is 5.52 Å². The van der Waals surface area contributed by atoms with Crippen LogP contribution in [-0.4, -0.2) is 10.5 Å². The standard InChI is InChI=1S/C23H24N2O2/c1-3-15-8-5-9-16(4-2)20(15)24-23(27)19-14-25-13-7-11-17-10-6-12-18(21(17)25)22(19)26/h5-6,8-10,12,14H,3-4,7,11,13H2,1-2H3,(H,24,27). The molecule has 0 aliphatic carbocycles. The van der Waals surface area contributed by atoms with Crippen molar-refractivity contribution in [1.82, 2.24) is 4.57 Å². The molecular formula is C23H24N2O2. The SMILES string of the molecule is CCc1cccc(CC)c1NC(=O)c1cn2c3c(cccc3c1=O)CCC2. The fourth-order valence-corrected chi connectivity index (χ4v) is 4.10. The summed E-state index contributed by atoms with van der Waals surface area (Å²) in [5.74, 6) is -0.322. The van der Waals surface area contributed by atoms with E-state index >= 15 is 0 Å². The van der Waals surface area contributed by atoms with Gasteiger partial charge >= 0.3 is 0 Å². The maximum atomic E-state index is 13.1. The largest absolute Gasteiger partial charge is 0.346 e. The molecule has 3 aromatic rings. The van der Waals surface area contributed by atoms with E-state index in [1.807, 2.05) is 30.3 Å². The van der Waals surface area contributed by atoms with Gasteiger partial charge in [-0.1, -0.05) is 44.2 Å². The van der Waals surface area contributed by atoms with Crippen LogP contribution < -0.4 is 10.7 Å². The Balaban J connectivity index is 1.82. The molecule has 0 unspecified atom stereocenters. The predicted octanol–water partition coefficient (Wildman–Crippen LogP) is 4.32. The van der Waals surface area contributed by atoms with Crippen LogP contribution in [0.4, 0.5) is 5.69 Å². The molecule has 2 heterocycles. The third-order valence-electron chi connectivity index (χ3n) is 5.51. The number of aryl methyl sites for hydroxylation is 4. The molecular weight excluding hydrogens is 336 g/mol. The molecule has 0 saturated heterocycles. The van der Waals surface area contributed by atoms with Crippen molar-refractivity contribution in [2.45, 2.75) is 46.1 Å². The van der Waals surface area contributed by atoms with Gasteiger partial charge in [0.15, 0.2) is 0 Å². The fourth-order valence-electron chi connectivity index (χ4n) is 4.10. The Morgan fingerprint density at radius 2 is 1.78 bits per heavy atom. The number of hydrogen-bond donors (Lipinski definition) is 1. The molecule has 1 aliphatic rings. The lowest BCUT2D eigenvalue weighted by atomic mass is 9.99. The summed E-state index contributed by atoms with van der Waals surface area (Å²) < 4.78 is 2.07. The van der Waals surface area contributed by atoms with E-state index in [1.54, 1.807) is 6.20 Å². The van der Waals surface area contributed by atoms with Crippen LogP contribution >= 0.6 is 0 Å². The molecule has 4 nitrogen and oxygen atoms in total. The molecule has 27 heavy (non-hydrogen) atoms. The summed E-state index contributed by atoms with van der Waals surface area (Å²) in [5, 5.41) is 3.67. The number of anilines is 1. The molecule has 2 aromatic carbocycles. The first-order chi connectivity index (χ1) is 13.1. The molecule has 0 radical (unpaired) electrons. The highest BCUT2D eigenvalue weighted by Crippen LogP contribution is 2.25. The highest BCUT2D eigenvalue weighted by Gasteiger charge is 2.20. The number of hydrogen-bond acceptors (Lipinski definition) is 2. The number of rotatable bonds is 4. The lowest BCUT2D eigenvalue weighted by Crippen LogP contribution is -2.26. The number of carbonyl (C=O) groups is 1. The van der Waals surface area contributed by atoms with Gasteiger partial charge in [0.1, 0.15) is 5.56 Å². The highest BCUT2D eigenvalue weighted by atomic mass is 16.2. The summed E-state index contributed by atoms with van der Waals surface area (Å²) in [6.45, 7) is 4.97. The number of nitrogens with zero attached hydrogens (tertiary/aromatic N) is 1. The van der Waals surface area contributed by atoms with Gasteiger partial charge in [-0.2, -0.15) is 0 Å². The highest BCUT2D eigenvalue weighted by molar-refractivity contribution is 6.06. The minimum Gasteiger partial charge on any atom is -0.346 e. The first-order valence-corrected chi connectivity index (χ1v) is 9.71. The molecule has 1 N–H and O–H groups in total. The van der Waals surface area contributed by atoms with Gasteiger partial charge in [0, 0.05) is 23.8 Å². The Morgan fingerprint density at radius 3 is 2.48 bits per heavy atom. The number of amides is 1. The number of carbonyl (C=O) groups excluding carboxylic acids is 1. The van der Waals surface area contributed by atoms with Crippen LogP contribution in [0.1, 0.15) is 47.3 Å². The third-order valence-corrected chi connectivity index (χ3v) is 5.51. The second-order valence-electron chi connectivity index (χ2n) is 7.09.